The molecule has 8 heteroatoms. The number of amides is 1. The zero-order valence-corrected chi connectivity index (χ0v) is 15.8. The van der Waals surface area contributed by atoms with Crippen LogP contribution in [0.5, 0.6) is 5.75 Å². The Kier molecular flexibility index (Phi) is 4.57. The van der Waals surface area contributed by atoms with Crippen LogP contribution in [0.1, 0.15) is 18.0 Å². The van der Waals surface area contributed by atoms with E-state index in [0.29, 0.717) is 13.0 Å². The van der Waals surface area contributed by atoms with Crippen molar-refractivity contribution in [2.45, 2.75) is 19.0 Å². The number of fused-ring (bicyclic) bond motifs is 2. The number of nitro benzene ring substituents is 1. The Hall–Kier alpha value is -2.87. The average Bonchev–Trinajstić information content (AvgIpc) is 3.04. The summed E-state index contributed by atoms with van der Waals surface area (Å²) in [6.07, 6.45) is 2.47. The summed E-state index contributed by atoms with van der Waals surface area (Å²) >= 11 is 3.46. The summed E-state index contributed by atoms with van der Waals surface area (Å²) in [6, 6.07) is 12.1. The van der Waals surface area contributed by atoms with Gasteiger partial charge < -0.3 is 14.6 Å². The second kappa shape index (κ2) is 7.03. The van der Waals surface area contributed by atoms with E-state index in [0.717, 1.165) is 26.7 Å². The molecule has 0 radical (unpaired) electrons. The van der Waals surface area contributed by atoms with Crippen molar-refractivity contribution >= 4 is 38.4 Å². The maximum atomic E-state index is 12.6. The smallest absolute Gasteiger partial charge is 0.270 e. The maximum absolute atomic E-state index is 12.6. The van der Waals surface area contributed by atoms with Crippen molar-refractivity contribution in [1.82, 2.24) is 9.88 Å². The number of nitrogens with one attached hydrogen (secondary N) is 1. The lowest BCUT2D eigenvalue weighted by molar-refractivity contribution is -0.384. The third-order valence-electron chi connectivity index (χ3n) is 4.63. The molecule has 27 heavy (non-hydrogen) atoms. The molecule has 4 rings (SSSR count). The van der Waals surface area contributed by atoms with Crippen molar-refractivity contribution in [2.75, 3.05) is 6.61 Å². The second-order valence-electron chi connectivity index (χ2n) is 6.38. The van der Waals surface area contributed by atoms with E-state index in [4.69, 9.17) is 4.74 Å². The highest BCUT2D eigenvalue weighted by Gasteiger charge is 2.23. The van der Waals surface area contributed by atoms with E-state index < -0.39 is 4.92 Å². The molecule has 1 aromatic heterocycles. The maximum Gasteiger partial charge on any atom is 0.270 e. The molecule has 138 valence electrons. The quantitative estimate of drug-likeness (QED) is 0.502. The van der Waals surface area contributed by atoms with Gasteiger partial charge in [-0.05, 0) is 30.3 Å². The van der Waals surface area contributed by atoms with Crippen molar-refractivity contribution in [3.63, 3.8) is 0 Å². The Balaban J connectivity index is 1.52. The van der Waals surface area contributed by atoms with Gasteiger partial charge in [0, 0.05) is 45.7 Å². The average molecular weight is 430 g/mol. The van der Waals surface area contributed by atoms with Crippen molar-refractivity contribution in [3.8, 4) is 5.75 Å². The molecule has 7 nitrogen and oxygen atoms in total. The van der Waals surface area contributed by atoms with Crippen LogP contribution in [0.3, 0.4) is 0 Å². The summed E-state index contributed by atoms with van der Waals surface area (Å²) in [4.78, 5) is 23.1. The van der Waals surface area contributed by atoms with E-state index in [1.54, 1.807) is 22.9 Å². The van der Waals surface area contributed by atoms with Crippen LogP contribution in [0, 0.1) is 10.1 Å². The van der Waals surface area contributed by atoms with E-state index in [1.807, 2.05) is 18.2 Å². The first-order valence-electron chi connectivity index (χ1n) is 8.46. The molecule has 2 heterocycles. The van der Waals surface area contributed by atoms with Crippen molar-refractivity contribution in [2.24, 2.45) is 0 Å². The molecule has 3 aromatic rings. The van der Waals surface area contributed by atoms with Gasteiger partial charge in [0.05, 0.1) is 17.6 Å². The molecule has 0 fully saturated rings. The molecular weight excluding hydrogens is 414 g/mol. The number of halogens is 1. The lowest BCUT2D eigenvalue weighted by atomic mass is 10.0. The van der Waals surface area contributed by atoms with Gasteiger partial charge in [0.1, 0.15) is 12.3 Å². The SMILES string of the molecule is O=C(Cn1ccc2cc([N+](=O)[O-])ccc21)NC1CCOc2ccc(Br)cc21. The van der Waals surface area contributed by atoms with Gasteiger partial charge >= 0.3 is 0 Å². The van der Waals surface area contributed by atoms with E-state index in [2.05, 4.69) is 21.2 Å². The molecule has 1 N–H and O–H groups in total. The Labute approximate surface area is 163 Å². The number of non-ortho nitro benzene ring substituents is 1. The Morgan fingerprint density at radius 2 is 2.15 bits per heavy atom. The van der Waals surface area contributed by atoms with Crippen molar-refractivity contribution in [1.29, 1.82) is 0 Å². The lowest BCUT2D eigenvalue weighted by Crippen LogP contribution is -2.34. The first kappa shape index (κ1) is 17.5. The molecule has 1 aliphatic heterocycles. The molecule has 0 bridgehead atoms. The molecule has 0 saturated carbocycles. The predicted molar refractivity (Wildman–Crippen MR) is 104 cm³/mol. The Morgan fingerprint density at radius 1 is 1.30 bits per heavy atom. The van der Waals surface area contributed by atoms with Crippen LogP contribution in [0.15, 0.2) is 53.1 Å². The van der Waals surface area contributed by atoms with Gasteiger partial charge in [-0.1, -0.05) is 15.9 Å². The summed E-state index contributed by atoms with van der Waals surface area (Å²) in [7, 11) is 0. The largest absolute Gasteiger partial charge is 0.493 e. The van der Waals surface area contributed by atoms with Gasteiger partial charge in [0.2, 0.25) is 5.91 Å². The fraction of sp³-hybridized carbons (Fsp3) is 0.211. The summed E-state index contributed by atoms with van der Waals surface area (Å²) in [5.74, 6) is 0.664. The predicted octanol–water partition coefficient (Wildman–Crippen LogP) is 3.95. The van der Waals surface area contributed by atoms with Gasteiger partial charge in [-0.3, -0.25) is 14.9 Å². The molecule has 0 saturated heterocycles. The third-order valence-corrected chi connectivity index (χ3v) is 5.12. The minimum absolute atomic E-state index is 0.0362. The molecule has 1 atom stereocenters. The van der Waals surface area contributed by atoms with E-state index in [9.17, 15) is 14.9 Å². The lowest BCUT2D eigenvalue weighted by Gasteiger charge is -2.27. The van der Waals surface area contributed by atoms with Gasteiger partial charge in [0.25, 0.3) is 5.69 Å². The molecule has 0 spiro atoms. The molecule has 1 amide bonds. The first-order valence-corrected chi connectivity index (χ1v) is 9.25. The minimum atomic E-state index is -0.426. The number of hydrogen-bond donors (Lipinski definition) is 1. The van der Waals surface area contributed by atoms with Crippen LogP contribution >= 0.6 is 15.9 Å². The zero-order valence-electron chi connectivity index (χ0n) is 14.2. The summed E-state index contributed by atoms with van der Waals surface area (Å²) in [5, 5.41) is 14.7. The van der Waals surface area contributed by atoms with Crippen LogP contribution in [0.25, 0.3) is 10.9 Å². The number of rotatable bonds is 4. The van der Waals surface area contributed by atoms with Gasteiger partial charge in [-0.25, -0.2) is 0 Å². The molecule has 2 aromatic carbocycles. The highest BCUT2D eigenvalue weighted by atomic mass is 79.9. The van der Waals surface area contributed by atoms with E-state index >= 15 is 0 Å². The van der Waals surface area contributed by atoms with Gasteiger partial charge in [-0.2, -0.15) is 0 Å². The summed E-state index contributed by atoms with van der Waals surface area (Å²) in [6.45, 7) is 0.692. The standard InChI is InChI=1S/C19H16BrN3O4/c20-13-1-4-18-15(10-13)16(6-8-27-18)21-19(24)11-22-7-5-12-9-14(23(25)26)2-3-17(12)22/h1-5,7,9-10,16H,6,8,11H2,(H,21,24). The summed E-state index contributed by atoms with van der Waals surface area (Å²) < 4.78 is 8.37. The normalized spacial score (nSPS) is 15.8. The molecule has 1 aliphatic rings. The highest BCUT2D eigenvalue weighted by molar-refractivity contribution is 9.10. The van der Waals surface area contributed by atoms with E-state index in [-0.39, 0.29) is 24.2 Å². The van der Waals surface area contributed by atoms with E-state index in [1.165, 1.54) is 12.1 Å². The Morgan fingerprint density at radius 3 is 2.96 bits per heavy atom. The number of carbonyl (C=O) groups excluding carboxylic acids is 1. The number of ether oxygens (including phenoxy) is 1. The number of carbonyl (C=O) groups is 1. The molecule has 0 aliphatic carbocycles. The summed E-state index contributed by atoms with van der Waals surface area (Å²) in [5.41, 5.74) is 1.77. The van der Waals surface area contributed by atoms with Crippen LogP contribution in [-0.4, -0.2) is 22.0 Å². The fourth-order valence-electron chi connectivity index (χ4n) is 3.35. The van der Waals surface area contributed by atoms with Crippen LogP contribution in [-0.2, 0) is 11.3 Å². The van der Waals surface area contributed by atoms with Crippen molar-refractivity contribution < 1.29 is 14.5 Å². The van der Waals surface area contributed by atoms with Crippen LogP contribution in [0.2, 0.25) is 0 Å². The zero-order chi connectivity index (χ0) is 19.0. The molecule has 1 unspecified atom stereocenters. The topological polar surface area (TPSA) is 86.4 Å². The third kappa shape index (κ3) is 3.52. The first-order chi connectivity index (χ1) is 13.0. The highest BCUT2D eigenvalue weighted by Crippen LogP contribution is 2.34. The Bertz CT molecular complexity index is 1050. The number of benzene rings is 2. The van der Waals surface area contributed by atoms with Gasteiger partial charge in [0.15, 0.2) is 0 Å². The number of hydrogen-bond acceptors (Lipinski definition) is 4. The second-order valence-corrected chi connectivity index (χ2v) is 7.30. The molecular formula is C19H16BrN3O4. The monoisotopic (exact) mass is 429 g/mol. The fourth-order valence-corrected chi connectivity index (χ4v) is 3.73. The number of nitro groups is 1. The van der Waals surface area contributed by atoms with Gasteiger partial charge in [-0.15, -0.1) is 0 Å². The van der Waals surface area contributed by atoms with Crippen LogP contribution in [0.4, 0.5) is 5.69 Å². The minimum Gasteiger partial charge on any atom is -0.493 e. The number of aromatic nitrogens is 1. The van der Waals surface area contributed by atoms with Crippen molar-refractivity contribution in [3.05, 3.63) is 68.8 Å². The number of nitrogens with zero attached hydrogens (tertiary/aromatic N) is 2. The van der Waals surface area contributed by atoms with Crippen LogP contribution < -0.4 is 10.1 Å².